The largest absolute Gasteiger partial charge is 0.489 e. The van der Waals surface area contributed by atoms with E-state index in [-0.39, 0.29) is 11.8 Å². The maximum Gasteiger partial charge on any atom is 0.272 e. The number of benzene rings is 2. The van der Waals surface area contributed by atoms with Crippen LogP contribution in [-0.4, -0.2) is 48.0 Å². The van der Waals surface area contributed by atoms with Crippen molar-refractivity contribution in [2.75, 3.05) is 31.6 Å². The number of aromatic amines is 1. The number of rotatable bonds is 5. The van der Waals surface area contributed by atoms with Crippen molar-refractivity contribution in [3.8, 4) is 11.5 Å². The summed E-state index contributed by atoms with van der Waals surface area (Å²) in [4.78, 5) is 30.8. The molecule has 31 heavy (non-hydrogen) atoms. The first-order valence-corrected chi connectivity index (χ1v) is 10.7. The first kappa shape index (κ1) is 21.1. The van der Waals surface area contributed by atoms with Crippen LogP contribution < -0.4 is 14.8 Å². The van der Waals surface area contributed by atoms with Crippen LogP contribution in [0.2, 0.25) is 5.02 Å². The van der Waals surface area contributed by atoms with Gasteiger partial charge in [0.2, 0.25) is 0 Å². The summed E-state index contributed by atoms with van der Waals surface area (Å²) in [5.41, 5.74) is 2.04. The van der Waals surface area contributed by atoms with Gasteiger partial charge in [-0.2, -0.15) is 0 Å². The molecular formula is C23H24ClN3O4. The maximum atomic E-state index is 13.1. The summed E-state index contributed by atoms with van der Waals surface area (Å²) >= 11 is 6.04. The lowest BCUT2D eigenvalue weighted by molar-refractivity contribution is 0.0768. The fourth-order valence-electron chi connectivity index (χ4n) is 3.61. The average Bonchev–Trinajstić information content (AvgIpc) is 3.03. The van der Waals surface area contributed by atoms with Gasteiger partial charge in [0, 0.05) is 47.2 Å². The quantitative estimate of drug-likeness (QED) is 0.600. The van der Waals surface area contributed by atoms with E-state index in [9.17, 15) is 9.59 Å². The summed E-state index contributed by atoms with van der Waals surface area (Å²) in [5.74, 6) is 0.382. The standard InChI is InChI=1S/C23H24ClN3O4/c1-3-27(4-2)23(29)17-12-16(13-20-21(17)31-9-5-8-30-20)25-22(28)19-11-14-10-15(24)6-7-18(14)26-19/h6-7,10-13,26H,3-5,8-9H2,1-2H3,(H,25,28). The van der Waals surface area contributed by atoms with Gasteiger partial charge in [0.05, 0.1) is 18.8 Å². The Balaban J connectivity index is 1.68. The van der Waals surface area contributed by atoms with Crippen molar-refractivity contribution >= 4 is 40.0 Å². The molecule has 1 aliphatic rings. The highest BCUT2D eigenvalue weighted by Crippen LogP contribution is 2.37. The van der Waals surface area contributed by atoms with Crippen LogP contribution in [0.25, 0.3) is 10.9 Å². The van der Waals surface area contributed by atoms with E-state index in [1.54, 1.807) is 35.2 Å². The Bertz CT molecular complexity index is 1140. The van der Waals surface area contributed by atoms with E-state index in [1.807, 2.05) is 19.9 Å². The number of hydrogen-bond donors (Lipinski definition) is 2. The van der Waals surface area contributed by atoms with Crippen molar-refractivity contribution in [3.05, 3.63) is 52.7 Å². The number of aromatic nitrogens is 1. The van der Waals surface area contributed by atoms with E-state index in [1.165, 1.54) is 0 Å². The highest BCUT2D eigenvalue weighted by molar-refractivity contribution is 6.31. The highest BCUT2D eigenvalue weighted by atomic mass is 35.5. The molecule has 0 saturated carbocycles. The van der Waals surface area contributed by atoms with Crippen molar-refractivity contribution in [3.63, 3.8) is 0 Å². The maximum absolute atomic E-state index is 13.1. The third-order valence-corrected chi connectivity index (χ3v) is 5.45. The molecule has 2 amide bonds. The summed E-state index contributed by atoms with van der Waals surface area (Å²) in [5, 5.41) is 4.30. The summed E-state index contributed by atoms with van der Waals surface area (Å²) in [6.07, 6.45) is 0.715. The molecule has 3 aromatic rings. The Morgan fingerprint density at radius 2 is 1.87 bits per heavy atom. The number of halogens is 1. The second-order valence-corrected chi connectivity index (χ2v) is 7.68. The SMILES string of the molecule is CCN(CC)C(=O)c1cc(NC(=O)c2cc3cc(Cl)ccc3[nH]2)cc2c1OCCCO2. The van der Waals surface area contributed by atoms with Gasteiger partial charge in [0.15, 0.2) is 11.5 Å². The van der Waals surface area contributed by atoms with E-state index < -0.39 is 0 Å². The van der Waals surface area contributed by atoms with Crippen LogP contribution in [0.3, 0.4) is 0 Å². The molecule has 7 nitrogen and oxygen atoms in total. The number of fused-ring (bicyclic) bond motifs is 2. The molecule has 2 heterocycles. The van der Waals surface area contributed by atoms with E-state index >= 15 is 0 Å². The Morgan fingerprint density at radius 1 is 1.10 bits per heavy atom. The lowest BCUT2D eigenvalue weighted by atomic mass is 10.1. The summed E-state index contributed by atoms with van der Waals surface area (Å²) in [6, 6.07) is 10.4. The van der Waals surface area contributed by atoms with Gasteiger partial charge in [-0.15, -0.1) is 0 Å². The third kappa shape index (κ3) is 4.32. The molecule has 2 N–H and O–H groups in total. The Labute approximate surface area is 185 Å². The van der Waals surface area contributed by atoms with Crippen molar-refractivity contribution in [2.45, 2.75) is 20.3 Å². The number of ether oxygens (including phenoxy) is 2. The van der Waals surface area contributed by atoms with Crippen LogP contribution in [0.1, 0.15) is 41.1 Å². The smallest absolute Gasteiger partial charge is 0.272 e. The highest BCUT2D eigenvalue weighted by Gasteiger charge is 2.25. The Kier molecular flexibility index (Phi) is 6.04. The van der Waals surface area contributed by atoms with Gasteiger partial charge in [-0.25, -0.2) is 0 Å². The van der Waals surface area contributed by atoms with Crippen molar-refractivity contribution in [1.29, 1.82) is 0 Å². The van der Waals surface area contributed by atoms with Gasteiger partial charge in [-0.1, -0.05) is 11.6 Å². The first-order chi connectivity index (χ1) is 15.0. The fourth-order valence-corrected chi connectivity index (χ4v) is 3.79. The lowest BCUT2D eigenvalue weighted by Crippen LogP contribution is -2.31. The van der Waals surface area contributed by atoms with Gasteiger partial charge in [0.1, 0.15) is 5.69 Å². The molecule has 1 aromatic heterocycles. The second-order valence-electron chi connectivity index (χ2n) is 7.25. The number of nitrogens with zero attached hydrogens (tertiary/aromatic N) is 1. The molecule has 1 aliphatic heterocycles. The predicted molar refractivity (Wildman–Crippen MR) is 121 cm³/mol. The van der Waals surface area contributed by atoms with Gasteiger partial charge in [-0.05, 0) is 44.2 Å². The minimum absolute atomic E-state index is 0.164. The van der Waals surface area contributed by atoms with Crippen LogP contribution in [0.5, 0.6) is 11.5 Å². The van der Waals surface area contributed by atoms with Crippen molar-refractivity contribution < 1.29 is 19.1 Å². The molecule has 0 spiro atoms. The number of anilines is 1. The van der Waals surface area contributed by atoms with Crippen LogP contribution in [0.4, 0.5) is 5.69 Å². The monoisotopic (exact) mass is 441 g/mol. The predicted octanol–water partition coefficient (Wildman–Crippen LogP) is 4.72. The van der Waals surface area contributed by atoms with Gasteiger partial charge >= 0.3 is 0 Å². The van der Waals surface area contributed by atoms with Crippen LogP contribution in [0, 0.1) is 0 Å². The normalized spacial score (nSPS) is 13.0. The van der Waals surface area contributed by atoms with Crippen LogP contribution in [0.15, 0.2) is 36.4 Å². The van der Waals surface area contributed by atoms with E-state index in [2.05, 4.69) is 10.3 Å². The molecule has 4 rings (SSSR count). The zero-order chi connectivity index (χ0) is 22.0. The number of carbonyl (C=O) groups is 2. The van der Waals surface area contributed by atoms with Crippen LogP contribution in [-0.2, 0) is 0 Å². The molecule has 8 heteroatoms. The summed E-state index contributed by atoms with van der Waals surface area (Å²) in [6.45, 7) is 5.93. The molecule has 0 aliphatic carbocycles. The van der Waals surface area contributed by atoms with E-state index in [0.29, 0.717) is 66.2 Å². The molecule has 0 atom stereocenters. The minimum atomic E-state index is -0.331. The zero-order valence-electron chi connectivity index (χ0n) is 17.5. The Morgan fingerprint density at radius 3 is 2.65 bits per heavy atom. The number of nitrogens with one attached hydrogen (secondary N) is 2. The molecule has 0 fully saturated rings. The number of hydrogen-bond acceptors (Lipinski definition) is 4. The molecular weight excluding hydrogens is 418 g/mol. The molecule has 0 unspecified atom stereocenters. The molecule has 0 saturated heterocycles. The fraction of sp³-hybridized carbons (Fsp3) is 0.304. The van der Waals surface area contributed by atoms with Crippen LogP contribution >= 0.6 is 11.6 Å². The van der Waals surface area contributed by atoms with E-state index in [4.69, 9.17) is 21.1 Å². The lowest BCUT2D eigenvalue weighted by Gasteiger charge is -2.21. The average molecular weight is 442 g/mol. The molecule has 0 bridgehead atoms. The number of H-pyrrole nitrogens is 1. The van der Waals surface area contributed by atoms with Gasteiger partial charge < -0.3 is 24.7 Å². The Hall–Kier alpha value is -3.19. The van der Waals surface area contributed by atoms with Gasteiger partial charge in [-0.3, -0.25) is 9.59 Å². The first-order valence-electron chi connectivity index (χ1n) is 10.3. The molecule has 162 valence electrons. The minimum Gasteiger partial charge on any atom is -0.489 e. The van der Waals surface area contributed by atoms with E-state index in [0.717, 1.165) is 10.9 Å². The second kappa shape index (κ2) is 8.89. The van der Waals surface area contributed by atoms with Crippen molar-refractivity contribution in [1.82, 2.24) is 9.88 Å². The zero-order valence-corrected chi connectivity index (χ0v) is 18.2. The molecule has 0 radical (unpaired) electrons. The van der Waals surface area contributed by atoms with Gasteiger partial charge in [0.25, 0.3) is 11.8 Å². The number of carbonyl (C=O) groups excluding carboxylic acids is 2. The third-order valence-electron chi connectivity index (χ3n) is 5.21. The molecule has 2 aromatic carbocycles. The topological polar surface area (TPSA) is 83.7 Å². The summed E-state index contributed by atoms with van der Waals surface area (Å²) in [7, 11) is 0. The summed E-state index contributed by atoms with van der Waals surface area (Å²) < 4.78 is 11.6. The van der Waals surface area contributed by atoms with Crippen molar-refractivity contribution in [2.24, 2.45) is 0 Å². The number of amides is 2.